The molecule has 94 valence electrons. The molecule has 3 heteroatoms. The van der Waals surface area contributed by atoms with Crippen LogP contribution in [0.1, 0.15) is 65.7 Å². The molecule has 0 atom stereocenters. The average molecular weight is 228 g/mol. The van der Waals surface area contributed by atoms with Crippen molar-refractivity contribution in [3.05, 3.63) is 0 Å². The molecule has 1 rings (SSSR count). The first-order chi connectivity index (χ1) is 7.31. The third kappa shape index (κ3) is 4.97. The van der Waals surface area contributed by atoms with Crippen molar-refractivity contribution in [3.63, 3.8) is 0 Å². The van der Waals surface area contributed by atoms with E-state index in [2.05, 4.69) is 0 Å². The van der Waals surface area contributed by atoms with Crippen LogP contribution in [0.5, 0.6) is 0 Å². The van der Waals surface area contributed by atoms with Crippen molar-refractivity contribution in [2.45, 2.75) is 76.9 Å². The van der Waals surface area contributed by atoms with Gasteiger partial charge in [-0.05, 0) is 40.0 Å². The number of aliphatic hydroxyl groups is 1. The van der Waals surface area contributed by atoms with Crippen molar-refractivity contribution in [2.24, 2.45) is 0 Å². The molecule has 0 heterocycles. The second-order valence-electron chi connectivity index (χ2n) is 5.87. The van der Waals surface area contributed by atoms with Crippen LogP contribution in [0.15, 0.2) is 0 Å². The summed E-state index contributed by atoms with van der Waals surface area (Å²) in [5, 5.41) is 10.2. The van der Waals surface area contributed by atoms with E-state index in [4.69, 9.17) is 4.74 Å². The number of carbonyl (C=O) groups is 1. The highest BCUT2D eigenvalue weighted by molar-refractivity contribution is 5.69. The Morgan fingerprint density at radius 3 is 2.31 bits per heavy atom. The zero-order valence-electron chi connectivity index (χ0n) is 10.7. The molecular weight excluding hydrogens is 204 g/mol. The van der Waals surface area contributed by atoms with Crippen molar-refractivity contribution in [1.29, 1.82) is 0 Å². The summed E-state index contributed by atoms with van der Waals surface area (Å²) in [5.41, 5.74) is -1.04. The van der Waals surface area contributed by atoms with Crippen LogP contribution in [0.25, 0.3) is 0 Å². The monoisotopic (exact) mass is 228 g/mol. The van der Waals surface area contributed by atoms with Crippen LogP contribution in [0, 0.1) is 0 Å². The first kappa shape index (κ1) is 13.5. The van der Waals surface area contributed by atoms with Gasteiger partial charge in [0, 0.05) is 6.42 Å². The molecule has 16 heavy (non-hydrogen) atoms. The molecule has 0 bridgehead atoms. The van der Waals surface area contributed by atoms with Crippen molar-refractivity contribution in [2.75, 3.05) is 0 Å². The van der Waals surface area contributed by atoms with Crippen LogP contribution in [-0.2, 0) is 9.53 Å². The maximum Gasteiger partial charge on any atom is 0.306 e. The predicted octanol–water partition coefficient (Wildman–Crippen LogP) is 2.80. The van der Waals surface area contributed by atoms with Crippen LogP contribution in [-0.4, -0.2) is 22.3 Å². The summed E-state index contributed by atoms with van der Waals surface area (Å²) in [5.74, 6) is -0.202. The van der Waals surface area contributed by atoms with Gasteiger partial charge in [-0.25, -0.2) is 0 Å². The Bertz CT molecular complexity index is 234. The summed E-state index contributed by atoms with van der Waals surface area (Å²) >= 11 is 0. The topological polar surface area (TPSA) is 46.5 Å². The predicted molar refractivity (Wildman–Crippen MR) is 63.1 cm³/mol. The van der Waals surface area contributed by atoms with Crippen molar-refractivity contribution in [3.8, 4) is 0 Å². The molecule has 0 saturated heterocycles. The van der Waals surface area contributed by atoms with E-state index in [0.29, 0.717) is 12.8 Å². The Balaban J connectivity index is 2.30. The zero-order chi connectivity index (χ0) is 12.2. The van der Waals surface area contributed by atoms with Crippen LogP contribution in [0.4, 0.5) is 0 Å². The van der Waals surface area contributed by atoms with Crippen molar-refractivity contribution >= 4 is 5.97 Å². The Morgan fingerprint density at radius 1 is 1.25 bits per heavy atom. The van der Waals surface area contributed by atoms with Gasteiger partial charge in [-0.15, -0.1) is 0 Å². The highest BCUT2D eigenvalue weighted by atomic mass is 16.6. The van der Waals surface area contributed by atoms with Gasteiger partial charge in [-0.3, -0.25) is 4.79 Å². The molecule has 0 spiro atoms. The van der Waals surface area contributed by atoms with Gasteiger partial charge in [0.2, 0.25) is 0 Å². The van der Waals surface area contributed by atoms with Gasteiger partial charge in [-0.2, -0.15) is 0 Å². The highest BCUT2D eigenvalue weighted by Crippen LogP contribution is 2.32. The molecule has 1 saturated carbocycles. The Kier molecular flexibility index (Phi) is 4.36. The lowest BCUT2D eigenvalue weighted by atomic mass is 9.82. The van der Waals surface area contributed by atoms with E-state index in [9.17, 15) is 9.90 Å². The van der Waals surface area contributed by atoms with E-state index in [-0.39, 0.29) is 5.97 Å². The fourth-order valence-electron chi connectivity index (χ4n) is 2.19. The minimum absolute atomic E-state index is 0.202. The molecule has 1 aliphatic rings. The second kappa shape index (κ2) is 5.17. The quantitative estimate of drug-likeness (QED) is 0.755. The largest absolute Gasteiger partial charge is 0.460 e. The number of hydrogen-bond acceptors (Lipinski definition) is 3. The number of hydrogen-bond donors (Lipinski definition) is 1. The molecule has 1 aliphatic carbocycles. The van der Waals surface area contributed by atoms with Crippen LogP contribution >= 0.6 is 0 Å². The van der Waals surface area contributed by atoms with Crippen LogP contribution < -0.4 is 0 Å². The third-order valence-corrected chi connectivity index (χ3v) is 3.00. The van der Waals surface area contributed by atoms with E-state index in [1.165, 1.54) is 6.42 Å². The van der Waals surface area contributed by atoms with E-state index in [1.54, 1.807) is 0 Å². The highest BCUT2D eigenvalue weighted by Gasteiger charge is 2.30. The summed E-state index contributed by atoms with van der Waals surface area (Å²) in [6.45, 7) is 5.58. The van der Waals surface area contributed by atoms with Gasteiger partial charge in [0.05, 0.1) is 5.60 Å². The van der Waals surface area contributed by atoms with Gasteiger partial charge < -0.3 is 9.84 Å². The van der Waals surface area contributed by atoms with E-state index >= 15 is 0 Å². The average Bonchev–Trinajstić information content (AvgIpc) is 2.14. The molecule has 0 radical (unpaired) electrons. The van der Waals surface area contributed by atoms with Crippen molar-refractivity contribution in [1.82, 2.24) is 0 Å². The fraction of sp³-hybridized carbons (Fsp3) is 0.923. The molecule has 3 nitrogen and oxygen atoms in total. The Hall–Kier alpha value is -0.570. The maximum absolute atomic E-state index is 11.5. The smallest absolute Gasteiger partial charge is 0.306 e. The minimum Gasteiger partial charge on any atom is -0.460 e. The summed E-state index contributed by atoms with van der Waals surface area (Å²) < 4.78 is 5.22. The van der Waals surface area contributed by atoms with E-state index < -0.39 is 11.2 Å². The second-order valence-corrected chi connectivity index (χ2v) is 5.87. The van der Waals surface area contributed by atoms with E-state index in [1.807, 2.05) is 20.8 Å². The lowest BCUT2D eigenvalue weighted by molar-refractivity contribution is -0.156. The Labute approximate surface area is 98.2 Å². The zero-order valence-corrected chi connectivity index (χ0v) is 10.7. The molecule has 0 aromatic heterocycles. The minimum atomic E-state index is -0.616. The molecule has 0 amide bonds. The summed E-state index contributed by atoms with van der Waals surface area (Å²) in [7, 11) is 0. The normalized spacial score (nSPS) is 20.5. The Morgan fingerprint density at radius 2 is 1.81 bits per heavy atom. The third-order valence-electron chi connectivity index (χ3n) is 3.00. The molecule has 0 unspecified atom stereocenters. The maximum atomic E-state index is 11.5. The number of ether oxygens (including phenoxy) is 1. The molecule has 0 aliphatic heterocycles. The fourth-order valence-corrected chi connectivity index (χ4v) is 2.19. The molecule has 0 aromatic rings. The van der Waals surface area contributed by atoms with Crippen molar-refractivity contribution < 1.29 is 14.6 Å². The number of esters is 1. The lowest BCUT2D eigenvalue weighted by Crippen LogP contribution is -2.33. The molecule has 0 aromatic carbocycles. The number of rotatable bonds is 3. The SMILES string of the molecule is CC(C)(C)OC(=O)CCC1(O)CCCCC1. The van der Waals surface area contributed by atoms with Gasteiger partial charge in [-0.1, -0.05) is 19.3 Å². The van der Waals surface area contributed by atoms with Gasteiger partial charge in [0.25, 0.3) is 0 Å². The summed E-state index contributed by atoms with van der Waals surface area (Å²) in [6, 6.07) is 0. The summed E-state index contributed by atoms with van der Waals surface area (Å²) in [4.78, 5) is 11.5. The first-order valence-corrected chi connectivity index (χ1v) is 6.25. The lowest BCUT2D eigenvalue weighted by Gasteiger charge is -2.32. The molecule has 1 fully saturated rings. The molecule has 1 N–H and O–H groups in total. The summed E-state index contributed by atoms with van der Waals surface area (Å²) in [6.07, 6.45) is 5.88. The van der Waals surface area contributed by atoms with E-state index in [0.717, 1.165) is 25.7 Å². The molecular formula is C13H24O3. The van der Waals surface area contributed by atoms with Gasteiger partial charge in [0.15, 0.2) is 0 Å². The van der Waals surface area contributed by atoms with Gasteiger partial charge >= 0.3 is 5.97 Å². The van der Waals surface area contributed by atoms with Crippen LogP contribution in [0.2, 0.25) is 0 Å². The van der Waals surface area contributed by atoms with Gasteiger partial charge in [0.1, 0.15) is 5.60 Å². The number of carbonyl (C=O) groups excluding carboxylic acids is 1. The van der Waals surface area contributed by atoms with Crippen LogP contribution in [0.3, 0.4) is 0 Å². The standard InChI is InChI=1S/C13H24O3/c1-12(2,3)16-11(14)7-10-13(15)8-5-4-6-9-13/h15H,4-10H2,1-3H3. The first-order valence-electron chi connectivity index (χ1n) is 6.25.